The molecule has 1 aromatic rings. The molecular formula is C11H11BrClFN2O. The van der Waals surface area contributed by atoms with Gasteiger partial charge in [-0.25, -0.2) is 4.39 Å². The van der Waals surface area contributed by atoms with Gasteiger partial charge in [0.2, 0.25) is 0 Å². The first-order valence-electron chi connectivity index (χ1n) is 5.24. The van der Waals surface area contributed by atoms with Crippen LogP contribution in [0.3, 0.4) is 0 Å². The average Bonchev–Trinajstić information content (AvgIpc) is 2.76. The zero-order chi connectivity index (χ0) is 12.4. The number of halogens is 3. The third kappa shape index (κ3) is 2.97. The van der Waals surface area contributed by atoms with Crippen molar-refractivity contribution in [3.8, 4) is 0 Å². The van der Waals surface area contributed by atoms with Gasteiger partial charge in [-0.2, -0.15) is 0 Å². The van der Waals surface area contributed by atoms with Crippen molar-refractivity contribution < 1.29 is 9.18 Å². The topological polar surface area (TPSA) is 41.1 Å². The van der Waals surface area contributed by atoms with Crippen molar-refractivity contribution in [1.82, 2.24) is 10.6 Å². The molecular weight excluding hydrogens is 310 g/mol. The predicted molar refractivity (Wildman–Crippen MR) is 67.9 cm³/mol. The molecule has 1 fully saturated rings. The number of rotatable bonds is 2. The summed E-state index contributed by atoms with van der Waals surface area (Å²) in [5.41, 5.74) is 0.00757. The van der Waals surface area contributed by atoms with E-state index in [1.807, 2.05) is 0 Å². The van der Waals surface area contributed by atoms with Crippen LogP contribution >= 0.6 is 27.5 Å². The smallest absolute Gasteiger partial charge is 0.254 e. The van der Waals surface area contributed by atoms with Crippen LogP contribution in [-0.4, -0.2) is 25.0 Å². The number of amides is 1. The van der Waals surface area contributed by atoms with Crippen LogP contribution in [0.2, 0.25) is 5.02 Å². The number of benzene rings is 1. The number of carbonyl (C=O) groups is 1. The van der Waals surface area contributed by atoms with Crippen molar-refractivity contribution in [2.24, 2.45) is 0 Å². The normalized spacial score (nSPS) is 19.4. The quantitative estimate of drug-likeness (QED) is 0.821. The van der Waals surface area contributed by atoms with Crippen LogP contribution in [0, 0.1) is 5.82 Å². The van der Waals surface area contributed by atoms with Crippen molar-refractivity contribution in [1.29, 1.82) is 0 Å². The van der Waals surface area contributed by atoms with E-state index in [9.17, 15) is 9.18 Å². The Morgan fingerprint density at radius 1 is 1.59 bits per heavy atom. The summed E-state index contributed by atoms with van der Waals surface area (Å²) >= 11 is 8.90. The van der Waals surface area contributed by atoms with Crippen LogP contribution in [0.15, 0.2) is 16.6 Å². The summed E-state index contributed by atoms with van der Waals surface area (Å²) < 4.78 is 14.1. The summed E-state index contributed by atoms with van der Waals surface area (Å²) in [7, 11) is 0. The molecule has 0 spiro atoms. The average molecular weight is 322 g/mol. The molecule has 1 aliphatic heterocycles. The number of hydrogen-bond acceptors (Lipinski definition) is 2. The Hall–Kier alpha value is -0.650. The second-order valence-corrected chi connectivity index (χ2v) is 5.17. The number of nitrogens with one attached hydrogen (secondary N) is 2. The molecule has 0 radical (unpaired) electrons. The SMILES string of the molecule is O=C(N[C@H]1CCNC1)c1cc(Br)c(Cl)cc1F. The molecule has 1 heterocycles. The van der Waals surface area contributed by atoms with Gasteiger partial charge in [-0.1, -0.05) is 11.6 Å². The third-order valence-corrected chi connectivity index (χ3v) is 3.85. The highest BCUT2D eigenvalue weighted by molar-refractivity contribution is 9.10. The number of hydrogen-bond donors (Lipinski definition) is 2. The molecule has 2 N–H and O–H groups in total. The van der Waals surface area contributed by atoms with E-state index in [0.717, 1.165) is 25.6 Å². The predicted octanol–water partition coefficient (Wildman–Crippen LogP) is 2.33. The Kier molecular flexibility index (Phi) is 4.01. The lowest BCUT2D eigenvalue weighted by Gasteiger charge is -2.12. The van der Waals surface area contributed by atoms with Crippen molar-refractivity contribution in [2.75, 3.05) is 13.1 Å². The van der Waals surface area contributed by atoms with Gasteiger partial charge in [0.05, 0.1) is 10.6 Å². The van der Waals surface area contributed by atoms with Crippen LogP contribution in [0.5, 0.6) is 0 Å². The summed E-state index contributed by atoms with van der Waals surface area (Å²) in [6.45, 7) is 1.60. The van der Waals surface area contributed by atoms with Crippen molar-refractivity contribution in [2.45, 2.75) is 12.5 Å². The Bertz CT molecular complexity index is 449. The van der Waals surface area contributed by atoms with Crippen molar-refractivity contribution >= 4 is 33.4 Å². The van der Waals surface area contributed by atoms with Crippen LogP contribution < -0.4 is 10.6 Å². The minimum atomic E-state index is -0.610. The van der Waals surface area contributed by atoms with Crippen LogP contribution in [-0.2, 0) is 0 Å². The van der Waals surface area contributed by atoms with Gasteiger partial charge >= 0.3 is 0 Å². The molecule has 6 heteroatoms. The van der Waals surface area contributed by atoms with E-state index < -0.39 is 11.7 Å². The minimum absolute atomic E-state index is 0.00757. The van der Waals surface area contributed by atoms with E-state index in [-0.39, 0.29) is 16.6 Å². The maximum atomic E-state index is 13.6. The first-order valence-corrected chi connectivity index (χ1v) is 6.41. The fourth-order valence-electron chi connectivity index (χ4n) is 1.74. The Balaban J connectivity index is 2.15. The minimum Gasteiger partial charge on any atom is -0.348 e. The summed E-state index contributed by atoms with van der Waals surface area (Å²) in [4.78, 5) is 11.8. The zero-order valence-corrected chi connectivity index (χ0v) is 11.2. The van der Waals surface area contributed by atoms with Gasteiger partial charge in [-0.15, -0.1) is 0 Å². The molecule has 17 heavy (non-hydrogen) atoms. The summed E-state index contributed by atoms with van der Waals surface area (Å²) in [6, 6.07) is 2.60. The van der Waals surface area contributed by atoms with E-state index in [2.05, 4.69) is 26.6 Å². The Morgan fingerprint density at radius 3 is 3.00 bits per heavy atom. The lowest BCUT2D eigenvalue weighted by molar-refractivity contribution is 0.0936. The standard InChI is InChI=1S/C11H11BrClFN2O/c12-8-3-7(10(14)4-9(8)13)11(17)16-6-1-2-15-5-6/h3-4,6,15H,1-2,5H2,(H,16,17)/t6-/m0/s1. The van der Waals surface area contributed by atoms with Gasteiger partial charge in [0.1, 0.15) is 5.82 Å². The molecule has 2 rings (SSSR count). The van der Waals surface area contributed by atoms with Gasteiger partial charge in [-0.05, 0) is 41.0 Å². The molecule has 1 saturated heterocycles. The molecule has 1 aliphatic rings. The van der Waals surface area contributed by atoms with Crippen LogP contribution in [0.1, 0.15) is 16.8 Å². The monoisotopic (exact) mass is 320 g/mol. The highest BCUT2D eigenvalue weighted by Crippen LogP contribution is 2.25. The van der Waals surface area contributed by atoms with E-state index in [4.69, 9.17) is 11.6 Å². The van der Waals surface area contributed by atoms with Crippen molar-refractivity contribution in [3.63, 3.8) is 0 Å². The van der Waals surface area contributed by atoms with Gasteiger partial charge in [0.15, 0.2) is 0 Å². The van der Waals surface area contributed by atoms with Crippen LogP contribution in [0.4, 0.5) is 4.39 Å². The molecule has 3 nitrogen and oxygen atoms in total. The maximum Gasteiger partial charge on any atom is 0.254 e. The molecule has 1 atom stereocenters. The largest absolute Gasteiger partial charge is 0.348 e. The van der Waals surface area contributed by atoms with E-state index in [0.29, 0.717) is 4.47 Å². The summed E-state index contributed by atoms with van der Waals surface area (Å²) in [5.74, 6) is -1.02. The van der Waals surface area contributed by atoms with Gasteiger partial charge in [-0.3, -0.25) is 4.79 Å². The highest BCUT2D eigenvalue weighted by atomic mass is 79.9. The molecule has 0 aliphatic carbocycles. The molecule has 0 bridgehead atoms. The van der Waals surface area contributed by atoms with E-state index in [1.54, 1.807) is 0 Å². The lowest BCUT2D eigenvalue weighted by atomic mass is 10.1. The maximum absolute atomic E-state index is 13.6. The molecule has 0 saturated carbocycles. The highest BCUT2D eigenvalue weighted by Gasteiger charge is 2.20. The third-order valence-electron chi connectivity index (χ3n) is 2.65. The second-order valence-electron chi connectivity index (χ2n) is 3.91. The van der Waals surface area contributed by atoms with Gasteiger partial charge < -0.3 is 10.6 Å². The van der Waals surface area contributed by atoms with Gasteiger partial charge in [0, 0.05) is 17.1 Å². The lowest BCUT2D eigenvalue weighted by Crippen LogP contribution is -2.36. The first kappa shape index (κ1) is 12.8. The van der Waals surface area contributed by atoms with Crippen molar-refractivity contribution in [3.05, 3.63) is 33.0 Å². The Labute approximate surface area is 112 Å². The molecule has 1 aromatic carbocycles. The molecule has 1 amide bonds. The fraction of sp³-hybridized carbons (Fsp3) is 0.364. The van der Waals surface area contributed by atoms with E-state index in [1.165, 1.54) is 6.07 Å². The fourth-order valence-corrected chi connectivity index (χ4v) is 2.23. The van der Waals surface area contributed by atoms with Crippen LogP contribution in [0.25, 0.3) is 0 Å². The second kappa shape index (κ2) is 5.33. The molecule has 0 aromatic heterocycles. The summed E-state index contributed by atoms with van der Waals surface area (Å²) in [5, 5.41) is 6.15. The molecule has 0 unspecified atom stereocenters. The molecule has 92 valence electrons. The number of carbonyl (C=O) groups excluding carboxylic acids is 1. The van der Waals surface area contributed by atoms with E-state index >= 15 is 0 Å². The zero-order valence-electron chi connectivity index (χ0n) is 8.90. The first-order chi connectivity index (χ1) is 8.08. The summed E-state index contributed by atoms with van der Waals surface area (Å²) in [6.07, 6.45) is 0.863. The Morgan fingerprint density at radius 2 is 2.35 bits per heavy atom. The van der Waals surface area contributed by atoms with Gasteiger partial charge in [0.25, 0.3) is 5.91 Å².